The topological polar surface area (TPSA) is 119 Å². The highest BCUT2D eigenvalue weighted by Crippen LogP contribution is 2.39. The number of ether oxygens (including phenoxy) is 2. The molecule has 0 saturated carbocycles. The van der Waals surface area contributed by atoms with Gasteiger partial charge >= 0.3 is 12.7 Å². The molecule has 4 aromatic rings. The van der Waals surface area contributed by atoms with Crippen LogP contribution in [0.1, 0.15) is 33.2 Å². The molecule has 0 spiro atoms. The number of hydrogen-bond donors (Lipinski definition) is 2. The van der Waals surface area contributed by atoms with Crippen LogP contribution in [0.4, 0.5) is 25.0 Å². The number of likely N-dealkylation sites (tertiary alicyclic amines) is 1. The molecule has 0 unspecified atom stereocenters. The summed E-state index contributed by atoms with van der Waals surface area (Å²) in [5.74, 6) is -0.119. The van der Waals surface area contributed by atoms with Crippen molar-refractivity contribution >= 4 is 34.7 Å². The van der Waals surface area contributed by atoms with Gasteiger partial charge in [0.15, 0.2) is 5.65 Å². The molecule has 2 atom stereocenters. The molecule has 0 aliphatic carbocycles. The minimum Gasteiger partial charge on any atom is -0.444 e. The Bertz CT molecular complexity index is 1520. The quantitative estimate of drug-likeness (QED) is 0.325. The third-order valence-corrected chi connectivity index (χ3v) is 6.47. The number of carbonyl (C=O) groups excluding carboxylic acids is 1. The minimum absolute atomic E-state index is 0.0341. The lowest BCUT2D eigenvalue weighted by Crippen LogP contribution is -2.48. The second kappa shape index (κ2) is 10.9. The summed E-state index contributed by atoms with van der Waals surface area (Å²) >= 11 is 6.24. The highest BCUT2D eigenvalue weighted by Gasteiger charge is 2.35. The number of aliphatic hydroxyl groups is 1. The van der Waals surface area contributed by atoms with Gasteiger partial charge in [0.05, 0.1) is 30.6 Å². The number of nitrogens with one attached hydrogen (secondary N) is 1. The maximum absolute atomic E-state index is 13.3. The number of benzene rings is 1. The molecule has 1 aliphatic heterocycles. The van der Waals surface area contributed by atoms with E-state index in [9.17, 15) is 18.7 Å². The molecule has 40 heavy (non-hydrogen) atoms. The van der Waals surface area contributed by atoms with Gasteiger partial charge in [-0.15, -0.1) is 0 Å². The number of hydrogen-bond acceptors (Lipinski definition) is 8. The van der Waals surface area contributed by atoms with Crippen molar-refractivity contribution in [3.63, 3.8) is 0 Å². The van der Waals surface area contributed by atoms with Crippen molar-refractivity contribution in [2.24, 2.45) is 0 Å². The molecule has 5 rings (SSSR count). The van der Waals surface area contributed by atoms with E-state index < -0.39 is 30.5 Å². The van der Waals surface area contributed by atoms with Crippen LogP contribution < -0.4 is 10.1 Å². The molecule has 212 valence electrons. The van der Waals surface area contributed by atoms with E-state index in [0.29, 0.717) is 35.0 Å². The number of fused-ring (bicyclic) bond motifs is 1. The zero-order chi connectivity index (χ0) is 28.6. The first kappa shape index (κ1) is 27.6. The second-order valence-corrected chi connectivity index (χ2v) is 10.7. The number of amides is 1. The highest BCUT2D eigenvalue weighted by molar-refractivity contribution is 6.31. The van der Waals surface area contributed by atoms with Gasteiger partial charge in [-0.2, -0.15) is 19.0 Å². The van der Waals surface area contributed by atoms with Crippen molar-refractivity contribution in [3.8, 4) is 17.0 Å². The average Bonchev–Trinajstić information content (AvgIpc) is 3.48. The maximum Gasteiger partial charge on any atom is 0.410 e. The Morgan fingerprint density at radius 3 is 2.80 bits per heavy atom. The first-order valence-corrected chi connectivity index (χ1v) is 12.9. The highest BCUT2D eigenvalue weighted by atomic mass is 35.5. The molecule has 1 fully saturated rings. The molecule has 11 nitrogen and oxygen atoms in total. The molecule has 14 heteroatoms. The van der Waals surface area contributed by atoms with Gasteiger partial charge in [0.25, 0.3) is 0 Å². The van der Waals surface area contributed by atoms with Gasteiger partial charge in [-0.05, 0) is 51.5 Å². The van der Waals surface area contributed by atoms with Gasteiger partial charge in [-0.1, -0.05) is 11.6 Å². The number of halogens is 3. The van der Waals surface area contributed by atoms with Crippen molar-refractivity contribution < 1.29 is 28.2 Å². The van der Waals surface area contributed by atoms with Crippen LogP contribution in [0.25, 0.3) is 16.9 Å². The zero-order valence-corrected chi connectivity index (χ0v) is 22.7. The lowest BCUT2D eigenvalue weighted by molar-refractivity contribution is -0.0494. The summed E-state index contributed by atoms with van der Waals surface area (Å²) < 4.78 is 39.9. The fourth-order valence-electron chi connectivity index (χ4n) is 4.52. The lowest BCUT2D eigenvalue weighted by Gasteiger charge is -2.36. The van der Waals surface area contributed by atoms with Gasteiger partial charge in [-0.3, -0.25) is 4.68 Å². The van der Waals surface area contributed by atoms with Crippen LogP contribution in [0.2, 0.25) is 5.02 Å². The Balaban J connectivity index is 1.51. The summed E-state index contributed by atoms with van der Waals surface area (Å²) in [5.41, 5.74) is 1.30. The Kier molecular flexibility index (Phi) is 7.51. The van der Waals surface area contributed by atoms with Crippen LogP contribution in [-0.2, 0) is 4.74 Å². The van der Waals surface area contributed by atoms with Crippen LogP contribution >= 0.6 is 11.6 Å². The largest absolute Gasteiger partial charge is 0.444 e. The fourth-order valence-corrected chi connectivity index (χ4v) is 4.69. The molecule has 3 aromatic heterocycles. The third kappa shape index (κ3) is 5.94. The Hall–Kier alpha value is -3.97. The monoisotopic (exact) mass is 575 g/mol. The van der Waals surface area contributed by atoms with Crippen LogP contribution in [0.5, 0.6) is 5.75 Å². The smallest absolute Gasteiger partial charge is 0.410 e. The fraction of sp³-hybridized carbons (Fsp3) is 0.385. The molecule has 1 aliphatic rings. The Labute approximate surface area is 233 Å². The van der Waals surface area contributed by atoms with E-state index in [1.165, 1.54) is 23.1 Å². The van der Waals surface area contributed by atoms with Crippen LogP contribution in [0.3, 0.4) is 0 Å². The van der Waals surface area contributed by atoms with Gasteiger partial charge in [0.2, 0.25) is 0 Å². The molecule has 2 N–H and O–H groups in total. The third-order valence-electron chi connectivity index (χ3n) is 6.23. The van der Waals surface area contributed by atoms with E-state index in [1.807, 2.05) is 0 Å². The molecule has 0 bridgehead atoms. The second-order valence-electron chi connectivity index (χ2n) is 10.3. The predicted molar refractivity (Wildman–Crippen MR) is 143 cm³/mol. The van der Waals surface area contributed by atoms with E-state index >= 15 is 0 Å². The number of carbonyl (C=O) groups is 1. The first-order valence-electron chi connectivity index (χ1n) is 12.5. The normalized spacial score (nSPS) is 17.9. The summed E-state index contributed by atoms with van der Waals surface area (Å²) in [4.78, 5) is 18.3. The molecular formula is C26H28ClF2N7O4. The predicted octanol–water partition coefficient (Wildman–Crippen LogP) is 5.13. The van der Waals surface area contributed by atoms with E-state index in [2.05, 4.69) is 20.5 Å². The zero-order valence-electron chi connectivity index (χ0n) is 22.0. The molecule has 1 saturated heterocycles. The van der Waals surface area contributed by atoms with Gasteiger partial charge in [0, 0.05) is 35.7 Å². The maximum atomic E-state index is 13.3. The van der Waals surface area contributed by atoms with Gasteiger partial charge in [0.1, 0.15) is 22.7 Å². The van der Waals surface area contributed by atoms with Gasteiger partial charge < -0.3 is 24.8 Å². The summed E-state index contributed by atoms with van der Waals surface area (Å²) in [5, 5.41) is 23.5. The molecule has 1 amide bonds. The molecular weight excluding hydrogens is 548 g/mol. The number of aliphatic hydroxyl groups excluding tert-OH is 1. The van der Waals surface area contributed by atoms with Crippen molar-refractivity contribution in [3.05, 3.63) is 54.1 Å². The van der Waals surface area contributed by atoms with Crippen molar-refractivity contribution in [2.45, 2.75) is 51.6 Å². The van der Waals surface area contributed by atoms with E-state index in [4.69, 9.17) is 21.1 Å². The average molecular weight is 576 g/mol. The van der Waals surface area contributed by atoms with Crippen LogP contribution in [0, 0.1) is 0 Å². The number of aromatic nitrogens is 5. The van der Waals surface area contributed by atoms with Gasteiger partial charge in [-0.25, -0.2) is 14.3 Å². The lowest BCUT2D eigenvalue weighted by atomic mass is 10.0. The Morgan fingerprint density at radius 2 is 2.08 bits per heavy atom. The summed E-state index contributed by atoms with van der Waals surface area (Å²) in [7, 11) is 0. The molecule has 1 aromatic carbocycles. The SMILES string of the molecule is CC(C)(C)OC(=O)N1CC[C@H](n2cc(Nc3cnn4cccnc34)c(-c3cc(Cl)ccc3OC(F)F)n2)[C@@H](O)C1. The standard InChI is InChI=1S/C26H28ClF2N7O4/c1-26(2,3)40-25(38)34-10-7-19(20(37)14-34)36-13-18(32-17-12-31-35-9-4-8-30-23(17)35)22(33-36)16-11-15(27)5-6-21(16)39-24(28)29/h4-6,8-9,11-13,19-20,24,32,37H,7,10,14H2,1-3H3/t19-,20-/m0/s1. The van der Waals surface area contributed by atoms with E-state index in [1.54, 1.807) is 60.8 Å². The number of rotatable bonds is 6. The number of anilines is 2. The molecule has 4 heterocycles. The number of piperidine rings is 1. The minimum atomic E-state index is -3.07. The number of nitrogens with zero attached hydrogens (tertiary/aromatic N) is 6. The van der Waals surface area contributed by atoms with Crippen molar-refractivity contribution in [1.29, 1.82) is 0 Å². The summed E-state index contributed by atoms with van der Waals surface area (Å²) in [6.45, 7) is 2.61. The number of β-amino-alcohol motifs (C(OH)–C–C–N with tert-alkyl or cyclic N) is 1. The summed E-state index contributed by atoms with van der Waals surface area (Å²) in [6, 6.07) is 5.48. The van der Waals surface area contributed by atoms with Crippen molar-refractivity contribution in [1.82, 2.24) is 29.3 Å². The van der Waals surface area contributed by atoms with E-state index in [0.717, 1.165) is 0 Å². The summed E-state index contributed by atoms with van der Waals surface area (Å²) in [6.07, 6.45) is 5.47. The van der Waals surface area contributed by atoms with E-state index in [-0.39, 0.29) is 23.6 Å². The van der Waals surface area contributed by atoms with Crippen LogP contribution in [-0.4, -0.2) is 71.9 Å². The van der Waals surface area contributed by atoms with Crippen molar-refractivity contribution in [2.75, 3.05) is 18.4 Å². The number of alkyl halides is 2. The van der Waals surface area contributed by atoms with Crippen LogP contribution in [0.15, 0.2) is 49.1 Å². The molecule has 0 radical (unpaired) electrons. The first-order chi connectivity index (χ1) is 19.0. The Morgan fingerprint density at radius 1 is 1.27 bits per heavy atom.